The Morgan fingerprint density at radius 2 is 1.65 bits per heavy atom. The summed E-state index contributed by atoms with van der Waals surface area (Å²) in [6, 6.07) is 3.78. The second-order valence-electron chi connectivity index (χ2n) is 9.73. The number of hydrogen-bond donors (Lipinski definition) is 2. The lowest BCUT2D eigenvalue weighted by Crippen LogP contribution is -2.41. The second-order valence-corrected chi connectivity index (χ2v) is 9.73. The lowest BCUT2D eigenvalue weighted by molar-refractivity contribution is -0.125. The molecule has 0 spiro atoms. The molecule has 1 aliphatic carbocycles. The van der Waals surface area contributed by atoms with Crippen LogP contribution in [0.2, 0.25) is 0 Å². The van der Waals surface area contributed by atoms with E-state index < -0.39 is 0 Å². The van der Waals surface area contributed by atoms with E-state index in [2.05, 4.69) is 20.6 Å². The van der Waals surface area contributed by atoms with Gasteiger partial charge < -0.3 is 34.3 Å². The third-order valence-electron chi connectivity index (χ3n) is 6.88. The zero-order valence-corrected chi connectivity index (χ0v) is 23.6. The summed E-state index contributed by atoms with van der Waals surface area (Å²) in [5, 5.41) is 7.04. The Morgan fingerprint density at radius 1 is 0.950 bits per heavy atom. The predicted octanol–water partition coefficient (Wildman–Crippen LogP) is 3.76. The van der Waals surface area contributed by atoms with Gasteiger partial charge in [0.15, 0.2) is 17.3 Å². The van der Waals surface area contributed by atoms with Crippen molar-refractivity contribution in [1.82, 2.24) is 20.3 Å². The van der Waals surface area contributed by atoms with E-state index in [9.17, 15) is 9.59 Å². The van der Waals surface area contributed by atoms with Crippen LogP contribution >= 0.6 is 0 Å². The largest absolute Gasteiger partial charge is 0.495 e. The topological polar surface area (TPSA) is 143 Å². The summed E-state index contributed by atoms with van der Waals surface area (Å²) >= 11 is 0. The van der Waals surface area contributed by atoms with Crippen molar-refractivity contribution in [2.45, 2.75) is 51.6 Å². The summed E-state index contributed by atoms with van der Waals surface area (Å²) in [6.07, 6.45) is 4.99. The molecule has 1 aliphatic rings. The van der Waals surface area contributed by atoms with Gasteiger partial charge in [-0.25, -0.2) is 9.97 Å². The van der Waals surface area contributed by atoms with Crippen LogP contribution < -0.4 is 34.3 Å². The number of carbonyl (C=O) groups is 2. The van der Waals surface area contributed by atoms with Crippen molar-refractivity contribution < 1.29 is 33.3 Å². The smallest absolute Gasteiger partial charge is 0.299 e. The van der Waals surface area contributed by atoms with Gasteiger partial charge in [-0.15, -0.1) is 0 Å². The Hall–Kier alpha value is -4.35. The van der Waals surface area contributed by atoms with Crippen molar-refractivity contribution in [2.24, 2.45) is 5.92 Å². The molecule has 2 aromatic heterocycles. The molecule has 0 saturated heterocycles. The standard InChI is InChI=1S/C28H35N5O7/c1-15(2)27(35)31-17-9-7-16(8-10-17)30-20-11-18(36-3)13-29-23(20)26-32-19-12-21(37-4)24(38-5)25(39-6)22(19)28(33-26)40-14-34/h11-17,30H,7-10H2,1-6H3,(H,31,35). The lowest BCUT2D eigenvalue weighted by atomic mass is 9.90. The van der Waals surface area contributed by atoms with Gasteiger partial charge in [-0.3, -0.25) is 9.59 Å². The van der Waals surface area contributed by atoms with Crippen molar-refractivity contribution in [3.8, 4) is 40.4 Å². The Labute approximate surface area is 232 Å². The fourth-order valence-electron chi connectivity index (χ4n) is 4.78. The number of benzene rings is 1. The molecule has 3 aromatic rings. The maximum Gasteiger partial charge on any atom is 0.299 e. The number of amides is 1. The van der Waals surface area contributed by atoms with Gasteiger partial charge in [0.1, 0.15) is 16.8 Å². The first-order valence-corrected chi connectivity index (χ1v) is 13.1. The average Bonchev–Trinajstić information content (AvgIpc) is 2.96. The molecule has 2 heterocycles. The average molecular weight is 554 g/mol. The van der Waals surface area contributed by atoms with Crippen LogP contribution in [0.15, 0.2) is 18.3 Å². The zero-order chi connectivity index (χ0) is 28.8. The number of rotatable bonds is 11. The van der Waals surface area contributed by atoms with Crippen molar-refractivity contribution in [1.29, 1.82) is 0 Å². The number of pyridine rings is 1. The number of aromatic nitrogens is 3. The van der Waals surface area contributed by atoms with E-state index in [0.717, 1.165) is 25.7 Å². The molecule has 1 fully saturated rings. The molecule has 4 rings (SSSR count). The van der Waals surface area contributed by atoms with Gasteiger partial charge in [0, 0.05) is 30.1 Å². The van der Waals surface area contributed by atoms with E-state index in [0.29, 0.717) is 46.0 Å². The van der Waals surface area contributed by atoms with Gasteiger partial charge in [-0.2, -0.15) is 4.98 Å². The molecule has 1 saturated carbocycles. The molecule has 0 radical (unpaired) electrons. The fraction of sp³-hybridized carbons (Fsp3) is 0.464. The first kappa shape index (κ1) is 28.7. The molecule has 0 bridgehead atoms. The number of hydrogen-bond acceptors (Lipinski definition) is 11. The minimum Gasteiger partial charge on any atom is -0.495 e. The van der Waals surface area contributed by atoms with Crippen LogP contribution in [0.25, 0.3) is 22.4 Å². The molecule has 40 heavy (non-hydrogen) atoms. The van der Waals surface area contributed by atoms with Crippen LogP contribution in [0, 0.1) is 5.92 Å². The Kier molecular flexibility index (Phi) is 9.08. The SMILES string of the molecule is COc1cnc(-c2nc(OC=O)c3c(OC)c(OC)c(OC)cc3n2)c(NC2CCC(NC(=O)C(C)C)CC2)c1. The van der Waals surface area contributed by atoms with Crippen LogP contribution in [0.3, 0.4) is 0 Å². The highest BCUT2D eigenvalue weighted by atomic mass is 16.5. The normalized spacial score (nSPS) is 16.8. The quantitative estimate of drug-likeness (QED) is 0.335. The number of ether oxygens (including phenoxy) is 5. The van der Waals surface area contributed by atoms with Crippen LogP contribution in [-0.4, -0.2) is 67.9 Å². The highest BCUT2D eigenvalue weighted by Crippen LogP contribution is 2.46. The molecule has 1 aromatic carbocycles. The molecule has 0 aliphatic heterocycles. The van der Waals surface area contributed by atoms with Gasteiger partial charge in [0.2, 0.25) is 17.5 Å². The third-order valence-corrected chi connectivity index (χ3v) is 6.88. The molecular formula is C28H35N5O7. The molecule has 2 N–H and O–H groups in total. The number of anilines is 1. The van der Waals surface area contributed by atoms with E-state index in [1.54, 1.807) is 19.4 Å². The first-order chi connectivity index (χ1) is 19.3. The van der Waals surface area contributed by atoms with E-state index in [1.807, 2.05) is 19.9 Å². The minimum atomic E-state index is -0.0441. The van der Waals surface area contributed by atoms with Gasteiger partial charge in [-0.05, 0) is 25.7 Å². The monoisotopic (exact) mass is 553 g/mol. The maximum absolute atomic E-state index is 12.1. The summed E-state index contributed by atoms with van der Waals surface area (Å²) in [6.45, 7) is 4.07. The molecule has 1 amide bonds. The number of carbonyl (C=O) groups excluding carboxylic acids is 2. The third kappa shape index (κ3) is 5.95. The summed E-state index contributed by atoms with van der Waals surface area (Å²) in [4.78, 5) is 37.4. The van der Waals surface area contributed by atoms with E-state index in [1.165, 1.54) is 21.3 Å². The van der Waals surface area contributed by atoms with Crippen molar-refractivity contribution in [3.05, 3.63) is 18.3 Å². The zero-order valence-electron chi connectivity index (χ0n) is 23.6. The number of methoxy groups -OCH3 is 4. The van der Waals surface area contributed by atoms with E-state index >= 15 is 0 Å². The van der Waals surface area contributed by atoms with Gasteiger partial charge >= 0.3 is 0 Å². The van der Waals surface area contributed by atoms with Crippen LogP contribution in [0.1, 0.15) is 39.5 Å². The fourth-order valence-corrected chi connectivity index (χ4v) is 4.78. The highest BCUT2D eigenvalue weighted by molar-refractivity contribution is 5.96. The number of nitrogens with one attached hydrogen (secondary N) is 2. The van der Waals surface area contributed by atoms with Gasteiger partial charge in [0.05, 0.1) is 45.8 Å². The summed E-state index contributed by atoms with van der Waals surface area (Å²) < 4.78 is 27.2. The van der Waals surface area contributed by atoms with Crippen molar-refractivity contribution >= 4 is 29.0 Å². The highest BCUT2D eigenvalue weighted by Gasteiger charge is 2.27. The Morgan fingerprint density at radius 3 is 2.25 bits per heavy atom. The number of nitrogens with zero attached hydrogens (tertiary/aromatic N) is 3. The maximum atomic E-state index is 12.1. The van der Waals surface area contributed by atoms with Crippen LogP contribution in [0.5, 0.6) is 28.9 Å². The van der Waals surface area contributed by atoms with Crippen molar-refractivity contribution in [3.63, 3.8) is 0 Å². The predicted molar refractivity (Wildman–Crippen MR) is 148 cm³/mol. The Bertz CT molecular complexity index is 1370. The van der Waals surface area contributed by atoms with E-state index in [-0.39, 0.29) is 41.4 Å². The molecular weight excluding hydrogens is 518 g/mol. The summed E-state index contributed by atoms with van der Waals surface area (Å²) in [7, 11) is 6.01. The van der Waals surface area contributed by atoms with Gasteiger partial charge in [0.25, 0.3) is 6.47 Å². The molecule has 0 atom stereocenters. The van der Waals surface area contributed by atoms with Crippen molar-refractivity contribution in [2.75, 3.05) is 33.8 Å². The minimum absolute atomic E-state index is 0.0160. The molecule has 214 valence electrons. The summed E-state index contributed by atoms with van der Waals surface area (Å²) in [5.41, 5.74) is 1.52. The Balaban J connectivity index is 1.72. The second kappa shape index (κ2) is 12.7. The van der Waals surface area contributed by atoms with E-state index in [4.69, 9.17) is 28.7 Å². The van der Waals surface area contributed by atoms with Crippen LogP contribution in [-0.2, 0) is 9.59 Å². The first-order valence-electron chi connectivity index (χ1n) is 13.1. The summed E-state index contributed by atoms with van der Waals surface area (Å²) in [5.74, 6) is 1.76. The number of fused-ring (bicyclic) bond motifs is 1. The molecule has 0 unspecified atom stereocenters. The van der Waals surface area contributed by atoms with Crippen LogP contribution in [0.4, 0.5) is 5.69 Å². The lowest BCUT2D eigenvalue weighted by Gasteiger charge is -2.31. The van der Waals surface area contributed by atoms with Gasteiger partial charge in [-0.1, -0.05) is 13.8 Å². The molecule has 12 nitrogen and oxygen atoms in total. The molecule has 12 heteroatoms.